The van der Waals surface area contributed by atoms with Crippen LogP contribution in [0, 0.1) is 5.92 Å². The van der Waals surface area contributed by atoms with Crippen molar-refractivity contribution in [1.29, 1.82) is 0 Å². The van der Waals surface area contributed by atoms with Gasteiger partial charge in [-0.1, -0.05) is 0 Å². The minimum Gasteiger partial charge on any atom is -1.00 e. The predicted octanol–water partition coefficient (Wildman–Crippen LogP) is -9.01. The zero-order chi connectivity index (χ0) is 9.72. The molecule has 6 nitrogen and oxygen atoms in total. The molecule has 0 spiro atoms. The Bertz CT molecular complexity index is 217. The van der Waals surface area contributed by atoms with E-state index in [1.165, 1.54) is 0 Å². The fourth-order valence-corrected chi connectivity index (χ4v) is 0.668. The van der Waals surface area contributed by atoms with E-state index in [0.29, 0.717) is 0 Å². The SMILES string of the molecule is O=C(O)CC(CC(=O)O)C(=O)O.[H-].[H-].[H-].[K+].[K+].[Na+]. The minimum absolute atomic E-state index is 0. The first kappa shape index (κ1) is 26.3. The van der Waals surface area contributed by atoms with E-state index < -0.39 is 36.7 Å². The van der Waals surface area contributed by atoms with Crippen LogP contribution in [-0.4, -0.2) is 33.2 Å². The van der Waals surface area contributed by atoms with Crippen molar-refractivity contribution in [3.8, 4) is 0 Å². The van der Waals surface area contributed by atoms with Crippen molar-refractivity contribution >= 4 is 17.9 Å². The van der Waals surface area contributed by atoms with Gasteiger partial charge < -0.3 is 19.6 Å². The van der Waals surface area contributed by atoms with Crippen molar-refractivity contribution in [2.24, 2.45) is 5.92 Å². The van der Waals surface area contributed by atoms with Crippen LogP contribution in [0.15, 0.2) is 0 Å². The van der Waals surface area contributed by atoms with Gasteiger partial charge in [0.25, 0.3) is 0 Å². The Morgan fingerprint density at radius 1 is 0.933 bits per heavy atom. The Kier molecular flexibility index (Phi) is 25.8. The van der Waals surface area contributed by atoms with Crippen LogP contribution < -0.4 is 132 Å². The zero-order valence-electron chi connectivity index (χ0n) is 12.1. The molecule has 74 valence electrons. The monoisotopic (exact) mass is 280 g/mol. The van der Waals surface area contributed by atoms with Gasteiger partial charge in [0.15, 0.2) is 0 Å². The Hall–Kier alpha value is 2.68. The van der Waals surface area contributed by atoms with Crippen molar-refractivity contribution in [3.63, 3.8) is 0 Å². The van der Waals surface area contributed by atoms with E-state index in [2.05, 4.69) is 0 Å². The van der Waals surface area contributed by atoms with Crippen LogP contribution in [0.4, 0.5) is 0 Å². The van der Waals surface area contributed by atoms with Crippen LogP contribution in [0.1, 0.15) is 17.1 Å². The number of hydrogen-bond donors (Lipinski definition) is 3. The molecule has 0 saturated heterocycles. The van der Waals surface area contributed by atoms with Crippen LogP contribution in [0.3, 0.4) is 0 Å². The summed E-state index contributed by atoms with van der Waals surface area (Å²) in [7, 11) is 0. The third kappa shape index (κ3) is 16.7. The van der Waals surface area contributed by atoms with Gasteiger partial charge in [0.05, 0.1) is 18.8 Å². The maximum atomic E-state index is 10.2. The maximum absolute atomic E-state index is 10.2. The van der Waals surface area contributed by atoms with Crippen molar-refractivity contribution in [2.75, 3.05) is 0 Å². The van der Waals surface area contributed by atoms with E-state index in [4.69, 9.17) is 15.3 Å². The molecule has 0 unspecified atom stereocenters. The van der Waals surface area contributed by atoms with Crippen molar-refractivity contribution in [2.45, 2.75) is 12.8 Å². The van der Waals surface area contributed by atoms with Crippen molar-refractivity contribution in [1.82, 2.24) is 0 Å². The van der Waals surface area contributed by atoms with Crippen LogP contribution in [0.25, 0.3) is 0 Å². The Balaban J connectivity index is -0.0000000403. The molecule has 0 aromatic heterocycles. The molecule has 0 fully saturated rings. The zero-order valence-corrected chi connectivity index (χ0v) is 17.3. The van der Waals surface area contributed by atoms with Gasteiger partial charge in [-0.2, -0.15) is 0 Å². The fourth-order valence-electron chi connectivity index (χ4n) is 0.668. The Morgan fingerprint density at radius 2 is 1.20 bits per heavy atom. The van der Waals surface area contributed by atoms with Gasteiger partial charge in [-0.25, -0.2) is 0 Å². The molecule has 0 aliphatic heterocycles. The third-order valence-electron chi connectivity index (χ3n) is 1.19. The van der Waals surface area contributed by atoms with E-state index in [1.54, 1.807) is 0 Å². The third-order valence-corrected chi connectivity index (χ3v) is 1.19. The van der Waals surface area contributed by atoms with E-state index in [-0.39, 0.29) is 137 Å². The second-order valence-electron chi connectivity index (χ2n) is 2.23. The second kappa shape index (κ2) is 14.7. The molecule has 0 aliphatic rings. The van der Waals surface area contributed by atoms with Crippen LogP contribution in [0.2, 0.25) is 0 Å². The standard InChI is InChI=1S/C6H8O6.2K.Na.3H/c7-4(8)1-3(6(11)12)2-5(9)10;;;;;;/h3H,1-2H2,(H,7,8)(H,9,10)(H,11,12);;;;;;/q;3*+1;3*-1. The number of carbonyl (C=O) groups is 3. The predicted molar refractivity (Wildman–Crippen MR) is 39.0 cm³/mol. The molecule has 0 aliphatic carbocycles. The molecule has 0 radical (unpaired) electrons. The number of rotatable bonds is 5. The summed E-state index contributed by atoms with van der Waals surface area (Å²) < 4.78 is 0. The van der Waals surface area contributed by atoms with E-state index in [0.717, 1.165) is 0 Å². The summed E-state index contributed by atoms with van der Waals surface area (Å²) in [5.74, 6) is -5.38. The molecule has 0 amide bonds. The van der Waals surface area contributed by atoms with Crippen molar-refractivity contribution in [3.05, 3.63) is 0 Å². The maximum Gasteiger partial charge on any atom is 1.00 e. The molecule has 0 saturated carbocycles. The number of aliphatic carboxylic acids is 3. The van der Waals surface area contributed by atoms with Gasteiger partial charge in [-0.15, -0.1) is 0 Å². The second-order valence-corrected chi connectivity index (χ2v) is 2.23. The summed E-state index contributed by atoms with van der Waals surface area (Å²) in [5.41, 5.74) is 0. The largest absolute Gasteiger partial charge is 1.00 e. The quantitative estimate of drug-likeness (QED) is 0.431. The average molecular weight is 280 g/mol. The Labute approximate surface area is 198 Å². The minimum atomic E-state index is -1.40. The smallest absolute Gasteiger partial charge is 1.00 e. The Morgan fingerprint density at radius 3 is 1.33 bits per heavy atom. The molecular formula is C6H11K2NaO6. The summed E-state index contributed by atoms with van der Waals surface area (Å²) in [6.07, 6.45) is -1.33. The molecule has 0 rings (SSSR count). The summed E-state index contributed by atoms with van der Waals surface area (Å²) >= 11 is 0. The topological polar surface area (TPSA) is 112 Å². The molecule has 0 aromatic carbocycles. The van der Waals surface area contributed by atoms with E-state index >= 15 is 0 Å². The number of carboxylic acids is 3. The summed E-state index contributed by atoms with van der Waals surface area (Å²) in [5, 5.41) is 24.7. The molecule has 15 heavy (non-hydrogen) atoms. The van der Waals surface area contributed by atoms with Crippen LogP contribution in [0.5, 0.6) is 0 Å². The molecule has 0 atom stereocenters. The first-order chi connectivity index (χ1) is 5.43. The first-order valence-corrected chi connectivity index (χ1v) is 3.10. The number of carboxylic acid groups (broad SMARTS) is 3. The van der Waals surface area contributed by atoms with E-state index in [9.17, 15) is 14.4 Å². The molecule has 3 N–H and O–H groups in total. The van der Waals surface area contributed by atoms with Gasteiger partial charge >= 0.3 is 150 Å². The summed E-state index contributed by atoms with van der Waals surface area (Å²) in [6.45, 7) is 0. The van der Waals surface area contributed by atoms with Gasteiger partial charge in [0.1, 0.15) is 0 Å². The summed E-state index contributed by atoms with van der Waals surface area (Å²) in [6, 6.07) is 0. The van der Waals surface area contributed by atoms with Crippen molar-refractivity contribution < 1.29 is 166 Å². The van der Waals surface area contributed by atoms with Gasteiger partial charge in [0.2, 0.25) is 0 Å². The first-order valence-electron chi connectivity index (χ1n) is 3.10. The number of hydrogen-bond acceptors (Lipinski definition) is 3. The van der Waals surface area contributed by atoms with Crippen LogP contribution in [-0.2, 0) is 14.4 Å². The molecule has 9 heteroatoms. The van der Waals surface area contributed by atoms with Gasteiger partial charge in [0, 0.05) is 0 Å². The summed E-state index contributed by atoms with van der Waals surface area (Å²) in [4.78, 5) is 30.3. The molecule has 0 aromatic rings. The van der Waals surface area contributed by atoms with Gasteiger partial charge in [-0.3, -0.25) is 14.4 Å². The molecular weight excluding hydrogens is 269 g/mol. The average Bonchev–Trinajstić information content (AvgIpc) is 1.83. The molecule has 0 bridgehead atoms. The normalized spacial score (nSPS) is 7.80. The van der Waals surface area contributed by atoms with Gasteiger partial charge in [-0.05, 0) is 0 Å². The van der Waals surface area contributed by atoms with Crippen LogP contribution >= 0.6 is 0 Å². The fraction of sp³-hybridized carbons (Fsp3) is 0.500. The van der Waals surface area contributed by atoms with E-state index in [1.807, 2.05) is 0 Å². The molecule has 0 heterocycles.